The van der Waals surface area contributed by atoms with Gasteiger partial charge in [0.1, 0.15) is 5.75 Å². The molecule has 0 saturated heterocycles. The van der Waals surface area contributed by atoms with Gasteiger partial charge in [-0.1, -0.05) is 0 Å². The minimum atomic E-state index is 0.758. The molecule has 0 bridgehead atoms. The fourth-order valence-corrected chi connectivity index (χ4v) is 2.98. The van der Waals surface area contributed by atoms with E-state index in [1.54, 1.807) is 7.11 Å². The summed E-state index contributed by atoms with van der Waals surface area (Å²) in [4.78, 5) is 7.26. The highest BCUT2D eigenvalue weighted by atomic mass is 32.1. The molecule has 0 aliphatic heterocycles. The quantitative estimate of drug-likeness (QED) is 0.909. The van der Waals surface area contributed by atoms with Crippen LogP contribution in [0.2, 0.25) is 0 Å². The van der Waals surface area contributed by atoms with E-state index in [1.807, 2.05) is 30.4 Å². The lowest BCUT2D eigenvalue weighted by molar-refractivity contribution is 0.412. The van der Waals surface area contributed by atoms with E-state index in [1.165, 1.54) is 15.3 Å². The Kier molecular flexibility index (Phi) is 4.56. The van der Waals surface area contributed by atoms with Gasteiger partial charge in [-0.25, -0.2) is 0 Å². The van der Waals surface area contributed by atoms with Gasteiger partial charge in [-0.2, -0.15) is 0 Å². The van der Waals surface area contributed by atoms with Gasteiger partial charge in [-0.3, -0.25) is 4.98 Å². The van der Waals surface area contributed by atoms with Gasteiger partial charge in [0.2, 0.25) is 0 Å². The highest BCUT2D eigenvalue weighted by Gasteiger charge is 2.03. The first-order chi connectivity index (χ1) is 9.08. The number of thiophene rings is 1. The summed E-state index contributed by atoms with van der Waals surface area (Å²) in [6.07, 6.45) is 0. The summed E-state index contributed by atoms with van der Waals surface area (Å²) in [5, 5.41) is 3.43. The molecule has 0 unspecified atom stereocenters. The van der Waals surface area contributed by atoms with Gasteiger partial charge >= 0.3 is 0 Å². The minimum absolute atomic E-state index is 0.758. The van der Waals surface area contributed by atoms with Gasteiger partial charge < -0.3 is 10.1 Å². The lowest BCUT2D eigenvalue weighted by atomic mass is 10.2. The van der Waals surface area contributed by atoms with Gasteiger partial charge in [0, 0.05) is 40.7 Å². The van der Waals surface area contributed by atoms with Crippen LogP contribution in [0.3, 0.4) is 0 Å². The molecule has 1 N–H and O–H groups in total. The third-order valence-corrected chi connectivity index (χ3v) is 4.19. The standard InChI is InChI=1S/C15H20N2OS/c1-10-5-15(19-12(10)3)9-16-8-13-7-14(18-4)6-11(2)17-13/h5-7,16H,8-9H2,1-4H3. The van der Waals surface area contributed by atoms with Crippen molar-refractivity contribution in [1.29, 1.82) is 0 Å². The number of hydrogen-bond acceptors (Lipinski definition) is 4. The molecule has 0 fully saturated rings. The molecule has 2 rings (SSSR count). The van der Waals surface area contributed by atoms with E-state index in [-0.39, 0.29) is 0 Å². The SMILES string of the molecule is COc1cc(C)nc(CNCc2cc(C)c(C)s2)c1. The zero-order valence-electron chi connectivity index (χ0n) is 11.9. The molecule has 3 nitrogen and oxygen atoms in total. The maximum Gasteiger partial charge on any atom is 0.122 e. The lowest BCUT2D eigenvalue weighted by Gasteiger charge is -2.06. The Morgan fingerprint density at radius 1 is 1.16 bits per heavy atom. The van der Waals surface area contributed by atoms with E-state index in [9.17, 15) is 0 Å². The maximum absolute atomic E-state index is 5.25. The topological polar surface area (TPSA) is 34.1 Å². The Hall–Kier alpha value is -1.39. The van der Waals surface area contributed by atoms with Crippen molar-refractivity contribution in [1.82, 2.24) is 10.3 Å². The number of nitrogens with zero attached hydrogens (tertiary/aromatic N) is 1. The zero-order valence-corrected chi connectivity index (χ0v) is 12.7. The van der Waals surface area contributed by atoms with Crippen molar-refractivity contribution in [3.63, 3.8) is 0 Å². The normalized spacial score (nSPS) is 10.7. The van der Waals surface area contributed by atoms with Gasteiger partial charge in [-0.05, 0) is 32.4 Å². The fourth-order valence-electron chi connectivity index (χ4n) is 1.96. The Bertz CT molecular complexity index is 544. The van der Waals surface area contributed by atoms with E-state index in [0.717, 1.165) is 30.2 Å². The van der Waals surface area contributed by atoms with Crippen LogP contribution in [-0.2, 0) is 13.1 Å². The molecule has 0 spiro atoms. The molecule has 0 radical (unpaired) electrons. The van der Waals surface area contributed by atoms with Crippen molar-refractivity contribution in [2.24, 2.45) is 0 Å². The van der Waals surface area contributed by atoms with Crippen LogP contribution in [0.25, 0.3) is 0 Å². The molecular weight excluding hydrogens is 256 g/mol. The summed E-state index contributed by atoms with van der Waals surface area (Å²) in [5.41, 5.74) is 3.37. The van der Waals surface area contributed by atoms with Crippen molar-refractivity contribution in [2.45, 2.75) is 33.9 Å². The number of aromatic nitrogens is 1. The molecule has 2 aromatic heterocycles. The summed E-state index contributed by atoms with van der Waals surface area (Å²) in [6, 6.07) is 6.16. The van der Waals surface area contributed by atoms with Crippen LogP contribution in [0.1, 0.15) is 26.7 Å². The molecule has 2 aromatic rings. The molecule has 0 aliphatic carbocycles. The molecular formula is C15H20N2OS. The van der Waals surface area contributed by atoms with Gasteiger partial charge in [-0.15, -0.1) is 11.3 Å². The molecule has 4 heteroatoms. The van der Waals surface area contributed by atoms with Crippen molar-refractivity contribution in [2.75, 3.05) is 7.11 Å². The minimum Gasteiger partial charge on any atom is -0.497 e. The molecule has 0 amide bonds. The highest BCUT2D eigenvalue weighted by Crippen LogP contribution is 2.20. The average molecular weight is 276 g/mol. The molecule has 0 aliphatic rings. The maximum atomic E-state index is 5.25. The number of methoxy groups -OCH3 is 1. The molecule has 102 valence electrons. The predicted octanol–water partition coefficient (Wildman–Crippen LogP) is 3.37. The van der Waals surface area contributed by atoms with Gasteiger partial charge in [0.15, 0.2) is 0 Å². The summed E-state index contributed by atoms with van der Waals surface area (Å²) in [6.45, 7) is 7.95. The van der Waals surface area contributed by atoms with Crippen molar-refractivity contribution in [3.05, 3.63) is 44.9 Å². The second kappa shape index (κ2) is 6.17. The summed E-state index contributed by atoms with van der Waals surface area (Å²) in [7, 11) is 1.68. The Morgan fingerprint density at radius 2 is 1.95 bits per heavy atom. The number of aryl methyl sites for hydroxylation is 3. The van der Waals surface area contributed by atoms with E-state index in [4.69, 9.17) is 4.74 Å². The van der Waals surface area contributed by atoms with Crippen LogP contribution in [0.15, 0.2) is 18.2 Å². The first-order valence-corrected chi connectivity index (χ1v) is 7.18. The van der Waals surface area contributed by atoms with Gasteiger partial charge in [0.05, 0.1) is 12.8 Å². The lowest BCUT2D eigenvalue weighted by Crippen LogP contribution is -2.13. The Labute approximate surface area is 118 Å². The smallest absolute Gasteiger partial charge is 0.122 e. The average Bonchev–Trinajstić information content (AvgIpc) is 2.68. The Morgan fingerprint density at radius 3 is 2.58 bits per heavy atom. The third-order valence-electron chi connectivity index (χ3n) is 3.04. The van der Waals surface area contributed by atoms with Crippen LogP contribution in [0.5, 0.6) is 5.75 Å². The molecule has 0 atom stereocenters. The van der Waals surface area contributed by atoms with Crippen LogP contribution in [0.4, 0.5) is 0 Å². The molecule has 0 saturated carbocycles. The Balaban J connectivity index is 1.93. The van der Waals surface area contributed by atoms with Crippen LogP contribution in [0, 0.1) is 20.8 Å². The highest BCUT2D eigenvalue weighted by molar-refractivity contribution is 7.12. The second-order valence-corrected chi connectivity index (χ2v) is 6.04. The summed E-state index contributed by atoms with van der Waals surface area (Å²) >= 11 is 1.85. The van der Waals surface area contributed by atoms with E-state index < -0.39 is 0 Å². The molecule has 19 heavy (non-hydrogen) atoms. The van der Waals surface area contributed by atoms with E-state index in [2.05, 4.69) is 30.2 Å². The summed E-state index contributed by atoms with van der Waals surface area (Å²) in [5.74, 6) is 0.868. The first kappa shape index (κ1) is 14.0. The largest absolute Gasteiger partial charge is 0.497 e. The summed E-state index contributed by atoms with van der Waals surface area (Å²) < 4.78 is 5.25. The predicted molar refractivity (Wildman–Crippen MR) is 79.9 cm³/mol. The first-order valence-electron chi connectivity index (χ1n) is 6.36. The van der Waals surface area contributed by atoms with E-state index >= 15 is 0 Å². The number of hydrogen-bond donors (Lipinski definition) is 1. The van der Waals surface area contributed by atoms with Crippen molar-refractivity contribution in [3.8, 4) is 5.75 Å². The van der Waals surface area contributed by atoms with Crippen LogP contribution < -0.4 is 10.1 Å². The monoisotopic (exact) mass is 276 g/mol. The molecule has 2 heterocycles. The number of rotatable bonds is 5. The molecule has 0 aromatic carbocycles. The number of pyridine rings is 1. The third kappa shape index (κ3) is 3.78. The van der Waals surface area contributed by atoms with E-state index in [0.29, 0.717) is 0 Å². The van der Waals surface area contributed by atoms with Crippen molar-refractivity contribution >= 4 is 11.3 Å². The number of ether oxygens (including phenoxy) is 1. The fraction of sp³-hybridized carbons (Fsp3) is 0.400. The zero-order chi connectivity index (χ0) is 13.8. The van der Waals surface area contributed by atoms with Crippen molar-refractivity contribution < 1.29 is 4.74 Å². The van der Waals surface area contributed by atoms with Gasteiger partial charge in [0.25, 0.3) is 0 Å². The van der Waals surface area contributed by atoms with Crippen LogP contribution in [-0.4, -0.2) is 12.1 Å². The number of nitrogens with one attached hydrogen (secondary N) is 1. The van der Waals surface area contributed by atoms with Crippen LogP contribution >= 0.6 is 11.3 Å². The second-order valence-electron chi connectivity index (χ2n) is 4.70.